The molecular weight excluding hydrogens is 362 g/mol. The van der Waals surface area contributed by atoms with Crippen LogP contribution in [0.25, 0.3) is 10.6 Å². The predicted octanol–water partition coefficient (Wildman–Crippen LogP) is 3.58. The molecule has 0 fully saturated rings. The molecule has 3 rings (SSSR count). The summed E-state index contributed by atoms with van der Waals surface area (Å²) in [6.07, 6.45) is 0. The number of hydrogen-bond donors (Lipinski definition) is 2. The summed E-state index contributed by atoms with van der Waals surface area (Å²) in [6.45, 7) is 3.81. The highest BCUT2D eigenvalue weighted by Crippen LogP contribution is 2.28. The SMILES string of the molecule is C/C(=N\N=C(N)N)c1sc(-c2ccc(C#Cc3cccs3)cc2)nc1C. The minimum Gasteiger partial charge on any atom is -0.369 e. The highest BCUT2D eigenvalue weighted by Gasteiger charge is 2.12. The van der Waals surface area contributed by atoms with Crippen LogP contribution in [0.2, 0.25) is 0 Å². The van der Waals surface area contributed by atoms with Crippen LogP contribution in [-0.4, -0.2) is 16.7 Å². The molecule has 0 spiro atoms. The quantitative estimate of drug-likeness (QED) is 0.315. The van der Waals surface area contributed by atoms with E-state index in [1.54, 1.807) is 22.7 Å². The molecular formula is C19H17N5S2. The molecule has 26 heavy (non-hydrogen) atoms. The Hall–Kier alpha value is -2.95. The fourth-order valence-corrected chi connectivity index (χ4v) is 3.80. The normalized spacial score (nSPS) is 10.9. The fraction of sp³-hybridized carbons (Fsp3) is 0.105. The molecule has 0 aliphatic heterocycles. The zero-order valence-electron chi connectivity index (χ0n) is 14.4. The third-order valence-corrected chi connectivity index (χ3v) is 5.52. The molecule has 1 aromatic carbocycles. The van der Waals surface area contributed by atoms with E-state index >= 15 is 0 Å². The van der Waals surface area contributed by atoms with Crippen molar-refractivity contribution in [3.8, 4) is 22.4 Å². The average Bonchev–Trinajstić information content (AvgIpc) is 3.28. The topological polar surface area (TPSA) is 89.6 Å². The van der Waals surface area contributed by atoms with Crippen LogP contribution in [-0.2, 0) is 0 Å². The first kappa shape index (κ1) is 17.9. The summed E-state index contributed by atoms with van der Waals surface area (Å²) in [7, 11) is 0. The number of aryl methyl sites for hydroxylation is 1. The van der Waals surface area contributed by atoms with Crippen LogP contribution in [0.4, 0.5) is 0 Å². The first-order valence-electron chi connectivity index (χ1n) is 7.80. The van der Waals surface area contributed by atoms with Crippen LogP contribution < -0.4 is 11.5 Å². The number of hydrogen-bond acceptors (Lipinski definition) is 5. The third kappa shape index (κ3) is 4.36. The van der Waals surface area contributed by atoms with Gasteiger partial charge in [-0.25, -0.2) is 4.98 Å². The number of thiophene rings is 1. The molecule has 3 aromatic rings. The number of thiazole rings is 1. The summed E-state index contributed by atoms with van der Waals surface area (Å²) in [5.74, 6) is 6.27. The largest absolute Gasteiger partial charge is 0.369 e. The second kappa shape index (κ2) is 7.95. The van der Waals surface area contributed by atoms with E-state index in [4.69, 9.17) is 11.5 Å². The average molecular weight is 380 g/mol. The maximum Gasteiger partial charge on any atom is 0.211 e. The standard InChI is InChI=1S/C19H17N5S2/c1-12-17(13(2)23-24-19(20)21)26-18(22-12)15-8-5-14(6-9-15)7-10-16-4-3-11-25-16/h3-6,8-9,11H,1-2H3,(H4,20,21,24)/b23-13+. The van der Waals surface area contributed by atoms with E-state index in [1.165, 1.54) is 0 Å². The minimum atomic E-state index is -0.0639. The first-order chi connectivity index (χ1) is 12.5. The Labute approximate surface area is 160 Å². The summed E-state index contributed by atoms with van der Waals surface area (Å²) >= 11 is 3.20. The number of nitrogens with zero attached hydrogens (tertiary/aromatic N) is 3. The van der Waals surface area contributed by atoms with Gasteiger partial charge in [-0.1, -0.05) is 30.0 Å². The van der Waals surface area contributed by atoms with E-state index in [9.17, 15) is 0 Å². The molecule has 7 heteroatoms. The van der Waals surface area contributed by atoms with E-state index < -0.39 is 0 Å². The molecule has 0 unspecified atom stereocenters. The Morgan fingerprint density at radius 1 is 1.08 bits per heavy atom. The molecule has 0 amide bonds. The van der Waals surface area contributed by atoms with Gasteiger partial charge >= 0.3 is 0 Å². The van der Waals surface area contributed by atoms with E-state index in [-0.39, 0.29) is 5.96 Å². The minimum absolute atomic E-state index is 0.0639. The number of guanidine groups is 1. The van der Waals surface area contributed by atoms with Crippen LogP contribution in [0.15, 0.2) is 52.0 Å². The monoisotopic (exact) mass is 379 g/mol. The van der Waals surface area contributed by atoms with Crippen LogP contribution in [0.5, 0.6) is 0 Å². The van der Waals surface area contributed by atoms with Gasteiger partial charge in [-0.2, -0.15) is 5.10 Å². The van der Waals surface area contributed by atoms with Crippen molar-refractivity contribution in [1.29, 1.82) is 0 Å². The van der Waals surface area contributed by atoms with Gasteiger partial charge in [0.05, 0.1) is 21.2 Å². The predicted molar refractivity (Wildman–Crippen MR) is 111 cm³/mol. The van der Waals surface area contributed by atoms with Gasteiger partial charge in [-0.15, -0.1) is 27.8 Å². The van der Waals surface area contributed by atoms with Gasteiger partial charge in [-0.3, -0.25) is 0 Å². The second-order valence-corrected chi connectivity index (χ2v) is 7.40. The number of nitrogens with two attached hydrogens (primary N) is 2. The molecule has 4 N–H and O–H groups in total. The van der Waals surface area contributed by atoms with Crippen molar-refractivity contribution in [2.24, 2.45) is 21.7 Å². The lowest BCUT2D eigenvalue weighted by atomic mass is 10.1. The highest BCUT2D eigenvalue weighted by molar-refractivity contribution is 7.17. The van der Waals surface area contributed by atoms with Crippen LogP contribution in [0, 0.1) is 18.8 Å². The van der Waals surface area contributed by atoms with Crippen LogP contribution in [0.3, 0.4) is 0 Å². The summed E-state index contributed by atoms with van der Waals surface area (Å²) in [5, 5.41) is 10.7. The van der Waals surface area contributed by atoms with Crippen molar-refractivity contribution in [2.45, 2.75) is 13.8 Å². The third-order valence-electron chi connectivity index (χ3n) is 3.42. The molecule has 0 radical (unpaired) electrons. The van der Waals surface area contributed by atoms with Crippen molar-refractivity contribution < 1.29 is 0 Å². The number of aromatic nitrogens is 1. The molecule has 0 bridgehead atoms. The fourth-order valence-electron chi connectivity index (χ4n) is 2.21. The van der Waals surface area contributed by atoms with Gasteiger partial charge in [0.2, 0.25) is 5.96 Å². The summed E-state index contributed by atoms with van der Waals surface area (Å²) in [5.41, 5.74) is 14.3. The van der Waals surface area contributed by atoms with Gasteiger partial charge in [0, 0.05) is 11.1 Å². The summed E-state index contributed by atoms with van der Waals surface area (Å²) < 4.78 is 0. The number of benzene rings is 1. The lowest BCUT2D eigenvalue weighted by Gasteiger charge is -1.96. The Bertz CT molecular complexity index is 1010. The molecule has 2 heterocycles. The van der Waals surface area contributed by atoms with E-state index in [0.29, 0.717) is 0 Å². The number of rotatable bonds is 3. The van der Waals surface area contributed by atoms with Crippen molar-refractivity contribution in [2.75, 3.05) is 0 Å². The van der Waals surface area contributed by atoms with Crippen LogP contribution >= 0.6 is 22.7 Å². The molecule has 0 saturated heterocycles. The van der Waals surface area contributed by atoms with Gasteiger partial charge in [0.25, 0.3) is 0 Å². The molecule has 0 aliphatic carbocycles. The zero-order chi connectivity index (χ0) is 18.5. The molecule has 0 saturated carbocycles. The summed E-state index contributed by atoms with van der Waals surface area (Å²) in [6, 6.07) is 12.1. The van der Waals surface area contributed by atoms with Crippen molar-refractivity contribution in [1.82, 2.24) is 4.98 Å². The Morgan fingerprint density at radius 3 is 2.50 bits per heavy atom. The van der Waals surface area contributed by atoms with Crippen molar-refractivity contribution >= 4 is 34.3 Å². The van der Waals surface area contributed by atoms with Gasteiger partial charge in [0.15, 0.2) is 0 Å². The molecule has 0 atom stereocenters. The van der Waals surface area contributed by atoms with E-state index in [2.05, 4.69) is 27.0 Å². The highest BCUT2D eigenvalue weighted by atomic mass is 32.1. The maximum atomic E-state index is 5.32. The van der Waals surface area contributed by atoms with Gasteiger partial charge in [0.1, 0.15) is 5.01 Å². The Morgan fingerprint density at radius 2 is 1.85 bits per heavy atom. The van der Waals surface area contributed by atoms with E-state index in [0.717, 1.165) is 37.3 Å². The van der Waals surface area contributed by atoms with Crippen molar-refractivity contribution in [3.63, 3.8) is 0 Å². The van der Waals surface area contributed by atoms with Gasteiger partial charge < -0.3 is 11.5 Å². The molecule has 130 valence electrons. The van der Waals surface area contributed by atoms with Crippen LogP contribution in [0.1, 0.15) is 27.9 Å². The van der Waals surface area contributed by atoms with E-state index in [1.807, 2.05) is 55.6 Å². The van der Waals surface area contributed by atoms with Gasteiger partial charge in [-0.05, 0) is 37.4 Å². The molecule has 2 aromatic heterocycles. The first-order valence-corrected chi connectivity index (χ1v) is 9.49. The lowest BCUT2D eigenvalue weighted by molar-refractivity contribution is 1.19. The Balaban J connectivity index is 1.83. The second-order valence-electron chi connectivity index (χ2n) is 5.45. The Kier molecular flexibility index (Phi) is 5.46. The zero-order valence-corrected chi connectivity index (χ0v) is 16.0. The maximum absolute atomic E-state index is 5.32. The lowest BCUT2D eigenvalue weighted by Crippen LogP contribution is -2.22. The summed E-state index contributed by atoms with van der Waals surface area (Å²) in [4.78, 5) is 6.66. The molecule has 5 nitrogen and oxygen atoms in total. The molecule has 0 aliphatic rings. The smallest absolute Gasteiger partial charge is 0.211 e. The van der Waals surface area contributed by atoms with Crippen molar-refractivity contribution in [3.05, 3.63) is 62.8 Å².